The van der Waals surface area contributed by atoms with Crippen molar-refractivity contribution < 1.29 is 18.7 Å². The lowest BCUT2D eigenvalue weighted by Gasteiger charge is -1.96. The number of rotatable bonds is 6. The van der Waals surface area contributed by atoms with Gasteiger partial charge in [-0.05, 0) is 24.3 Å². The first kappa shape index (κ1) is 18.6. The number of anilines is 1. The summed E-state index contributed by atoms with van der Waals surface area (Å²) in [5.41, 5.74) is 0.788. The maximum Gasteiger partial charge on any atom is 0.373 e. The van der Waals surface area contributed by atoms with Crippen molar-refractivity contribution in [3.63, 3.8) is 0 Å². The number of nitrogens with one attached hydrogen (secondary N) is 1. The number of nitrogens with zero attached hydrogens (tertiary/aromatic N) is 3. The average Bonchev–Trinajstić information content (AvgIpc) is 3.44. The summed E-state index contributed by atoms with van der Waals surface area (Å²) in [6.07, 6.45) is 0. The Morgan fingerprint density at radius 1 is 1.18 bits per heavy atom. The van der Waals surface area contributed by atoms with Gasteiger partial charge in [0.1, 0.15) is 5.76 Å². The number of hydrogen-bond donors (Lipinski definition) is 1. The van der Waals surface area contributed by atoms with E-state index in [2.05, 4.69) is 25.2 Å². The lowest BCUT2D eigenvalue weighted by atomic mass is 10.3. The molecule has 142 valence electrons. The van der Waals surface area contributed by atoms with Crippen LogP contribution in [0.2, 0.25) is 0 Å². The van der Waals surface area contributed by atoms with E-state index in [4.69, 9.17) is 4.42 Å². The molecule has 0 radical (unpaired) electrons. The first-order valence-electron chi connectivity index (χ1n) is 7.92. The topological polar surface area (TPSA) is 107 Å². The highest BCUT2D eigenvalue weighted by Crippen LogP contribution is 2.29. The molecule has 0 unspecified atom stereocenters. The summed E-state index contributed by atoms with van der Waals surface area (Å²) >= 11 is 3.96. The molecule has 0 aliphatic carbocycles. The predicted molar refractivity (Wildman–Crippen MR) is 107 cm³/mol. The SMILES string of the molecule is COC(=O)c1ccc(CSc2nnc(NC(=O)c3nc4ccccc4s3)s2)o1. The molecule has 1 N–H and O–H groups in total. The van der Waals surface area contributed by atoms with Gasteiger partial charge in [-0.25, -0.2) is 9.78 Å². The van der Waals surface area contributed by atoms with E-state index in [1.165, 1.54) is 41.5 Å². The highest BCUT2D eigenvalue weighted by atomic mass is 32.2. The predicted octanol–water partition coefficient (Wildman–Crippen LogP) is 4.07. The monoisotopic (exact) mass is 432 g/mol. The van der Waals surface area contributed by atoms with Crippen molar-refractivity contribution >= 4 is 61.7 Å². The second-order valence-electron chi connectivity index (χ2n) is 5.36. The quantitative estimate of drug-likeness (QED) is 0.276. The Labute approximate surface area is 170 Å². The number of para-hydroxylation sites is 1. The summed E-state index contributed by atoms with van der Waals surface area (Å²) in [4.78, 5) is 28.1. The number of carbonyl (C=O) groups is 2. The van der Waals surface area contributed by atoms with Gasteiger partial charge in [0.15, 0.2) is 9.35 Å². The number of methoxy groups -OCH3 is 1. The highest BCUT2D eigenvalue weighted by molar-refractivity contribution is 8.00. The molecule has 4 aromatic rings. The summed E-state index contributed by atoms with van der Waals surface area (Å²) in [6, 6.07) is 10.8. The fourth-order valence-electron chi connectivity index (χ4n) is 2.24. The highest BCUT2D eigenvalue weighted by Gasteiger charge is 2.16. The van der Waals surface area contributed by atoms with Gasteiger partial charge in [-0.1, -0.05) is 35.2 Å². The largest absolute Gasteiger partial charge is 0.463 e. The summed E-state index contributed by atoms with van der Waals surface area (Å²) < 4.78 is 11.6. The van der Waals surface area contributed by atoms with Crippen molar-refractivity contribution in [2.24, 2.45) is 0 Å². The molecule has 0 atom stereocenters. The molecule has 8 nitrogen and oxygen atoms in total. The zero-order chi connectivity index (χ0) is 19.5. The number of carbonyl (C=O) groups excluding carboxylic acids is 2. The van der Waals surface area contributed by atoms with Gasteiger partial charge >= 0.3 is 5.97 Å². The lowest BCUT2D eigenvalue weighted by molar-refractivity contribution is 0.0563. The number of esters is 1. The molecule has 0 aliphatic rings. The first-order chi connectivity index (χ1) is 13.6. The van der Waals surface area contributed by atoms with E-state index in [-0.39, 0.29) is 11.7 Å². The van der Waals surface area contributed by atoms with Gasteiger partial charge in [-0.15, -0.1) is 21.5 Å². The van der Waals surface area contributed by atoms with E-state index in [1.54, 1.807) is 12.1 Å². The van der Waals surface area contributed by atoms with Crippen LogP contribution >= 0.6 is 34.4 Å². The fraction of sp³-hybridized carbons (Fsp3) is 0.118. The smallest absolute Gasteiger partial charge is 0.373 e. The number of benzene rings is 1. The van der Waals surface area contributed by atoms with Gasteiger partial charge in [0.25, 0.3) is 5.91 Å². The van der Waals surface area contributed by atoms with Gasteiger partial charge in [0, 0.05) is 0 Å². The van der Waals surface area contributed by atoms with Crippen LogP contribution in [0.5, 0.6) is 0 Å². The minimum atomic E-state index is -0.521. The molecule has 3 heterocycles. The van der Waals surface area contributed by atoms with E-state index in [1.807, 2.05) is 24.3 Å². The van der Waals surface area contributed by atoms with Crippen LogP contribution in [0.3, 0.4) is 0 Å². The number of amides is 1. The number of hydrogen-bond acceptors (Lipinski definition) is 10. The van der Waals surface area contributed by atoms with Crippen molar-refractivity contribution in [1.29, 1.82) is 0 Å². The van der Waals surface area contributed by atoms with E-state index >= 15 is 0 Å². The molecule has 3 aromatic heterocycles. The molecule has 0 spiro atoms. The number of ether oxygens (including phenoxy) is 1. The second kappa shape index (κ2) is 8.09. The maximum absolute atomic E-state index is 12.4. The Bertz CT molecular complexity index is 1120. The maximum atomic E-state index is 12.4. The Hall–Kier alpha value is -2.76. The van der Waals surface area contributed by atoms with E-state index in [0.717, 1.165) is 10.2 Å². The van der Waals surface area contributed by atoms with Crippen LogP contribution < -0.4 is 5.32 Å². The molecule has 0 saturated heterocycles. The Balaban J connectivity index is 1.36. The molecular formula is C17H12N4O4S3. The Morgan fingerprint density at radius 3 is 2.86 bits per heavy atom. The van der Waals surface area contributed by atoms with Crippen LogP contribution in [0.25, 0.3) is 10.2 Å². The van der Waals surface area contributed by atoms with Crippen molar-refractivity contribution in [2.45, 2.75) is 10.1 Å². The average molecular weight is 433 g/mol. The minimum Gasteiger partial charge on any atom is -0.463 e. The molecule has 0 bridgehead atoms. The first-order valence-corrected chi connectivity index (χ1v) is 10.5. The normalized spacial score (nSPS) is 10.9. The second-order valence-corrected chi connectivity index (χ2v) is 8.59. The zero-order valence-corrected chi connectivity index (χ0v) is 16.8. The molecule has 1 aromatic carbocycles. The fourth-order valence-corrected chi connectivity index (χ4v) is 4.74. The van der Waals surface area contributed by atoms with Gasteiger partial charge in [0.2, 0.25) is 10.9 Å². The minimum absolute atomic E-state index is 0.152. The van der Waals surface area contributed by atoms with Crippen molar-refractivity contribution in [3.8, 4) is 0 Å². The summed E-state index contributed by atoms with van der Waals surface area (Å²) in [5.74, 6) is 0.395. The number of fused-ring (bicyclic) bond motifs is 1. The standard InChI is InChI=1S/C17H12N4O4S3/c1-24-15(23)11-7-6-9(25-11)8-26-17-21-20-16(28-17)19-13(22)14-18-10-4-2-3-5-12(10)27-14/h2-7H,8H2,1H3,(H,19,20,22). The van der Waals surface area contributed by atoms with E-state index in [9.17, 15) is 9.59 Å². The van der Waals surface area contributed by atoms with Gasteiger partial charge in [0.05, 0.1) is 23.1 Å². The van der Waals surface area contributed by atoms with Gasteiger partial charge < -0.3 is 9.15 Å². The van der Waals surface area contributed by atoms with Crippen molar-refractivity contribution in [3.05, 3.63) is 52.9 Å². The van der Waals surface area contributed by atoms with E-state index < -0.39 is 5.97 Å². The zero-order valence-electron chi connectivity index (χ0n) is 14.4. The molecule has 0 aliphatic heterocycles. The molecule has 0 saturated carbocycles. The number of thioether (sulfide) groups is 1. The van der Waals surface area contributed by atoms with Crippen LogP contribution in [0, 0.1) is 0 Å². The molecule has 4 rings (SSSR count). The molecule has 11 heteroatoms. The number of aromatic nitrogens is 3. The molecule has 28 heavy (non-hydrogen) atoms. The van der Waals surface area contributed by atoms with Gasteiger partial charge in [-0.2, -0.15) is 0 Å². The van der Waals surface area contributed by atoms with E-state index in [0.29, 0.717) is 26.0 Å². The van der Waals surface area contributed by atoms with Crippen LogP contribution in [0.4, 0.5) is 5.13 Å². The Morgan fingerprint density at radius 2 is 2.04 bits per heavy atom. The number of furan rings is 1. The Kier molecular flexibility index (Phi) is 5.37. The summed E-state index contributed by atoms with van der Waals surface area (Å²) in [7, 11) is 1.30. The molecule has 1 amide bonds. The summed E-state index contributed by atoms with van der Waals surface area (Å²) in [6.45, 7) is 0. The van der Waals surface area contributed by atoms with Crippen LogP contribution in [0.15, 0.2) is 45.2 Å². The third-order valence-corrected chi connectivity index (χ3v) is 6.53. The van der Waals surface area contributed by atoms with Crippen LogP contribution in [-0.4, -0.2) is 34.2 Å². The van der Waals surface area contributed by atoms with Crippen LogP contribution in [-0.2, 0) is 10.5 Å². The third-order valence-electron chi connectivity index (χ3n) is 3.50. The van der Waals surface area contributed by atoms with Crippen molar-refractivity contribution in [2.75, 3.05) is 12.4 Å². The summed E-state index contributed by atoms with van der Waals surface area (Å²) in [5, 5.41) is 11.5. The van der Waals surface area contributed by atoms with Crippen molar-refractivity contribution in [1.82, 2.24) is 15.2 Å². The molecule has 0 fully saturated rings. The third kappa shape index (κ3) is 4.06. The lowest BCUT2D eigenvalue weighted by Crippen LogP contribution is -2.11. The molecular weight excluding hydrogens is 420 g/mol. The number of thiazole rings is 1. The van der Waals surface area contributed by atoms with Crippen LogP contribution in [0.1, 0.15) is 26.1 Å². The van der Waals surface area contributed by atoms with Gasteiger partial charge in [-0.3, -0.25) is 10.1 Å².